The molecule has 0 saturated heterocycles. The van der Waals surface area contributed by atoms with Gasteiger partial charge in [0.2, 0.25) is 6.08 Å². The average molecular weight is 247 g/mol. The van der Waals surface area contributed by atoms with Gasteiger partial charge in [0.15, 0.2) is 5.12 Å². The third-order valence-corrected chi connectivity index (χ3v) is 2.84. The van der Waals surface area contributed by atoms with Crippen molar-refractivity contribution in [1.29, 1.82) is 0 Å². The minimum atomic E-state index is 0.129. The molecule has 0 spiro atoms. The number of carbonyl (C=O) groups is 1. The van der Waals surface area contributed by atoms with E-state index in [-0.39, 0.29) is 5.12 Å². The lowest BCUT2D eigenvalue weighted by atomic mass is 10.1. The van der Waals surface area contributed by atoms with Crippen LogP contribution >= 0.6 is 11.8 Å². The molecule has 0 heterocycles. The molecule has 0 unspecified atom stereocenters. The Bertz CT molecular complexity index is 462. The largest absolute Gasteiger partial charge is 0.288 e. The van der Waals surface area contributed by atoms with Crippen LogP contribution in [0.2, 0.25) is 0 Å². The second kappa shape index (κ2) is 7.60. The first-order chi connectivity index (χ1) is 8.24. The Kier molecular flexibility index (Phi) is 6.00. The number of hydrogen-bond acceptors (Lipinski definition) is 4. The van der Waals surface area contributed by atoms with E-state index in [4.69, 9.17) is 0 Å². The molecule has 0 atom stereocenters. The van der Waals surface area contributed by atoms with Gasteiger partial charge in [-0.1, -0.05) is 42.1 Å². The number of aliphatic imine (C=N–C) groups is 1. The first-order valence-corrected chi connectivity index (χ1v) is 6.19. The minimum Gasteiger partial charge on any atom is -0.288 e. The summed E-state index contributed by atoms with van der Waals surface area (Å²) in [6.45, 7) is 1.56. The minimum absolute atomic E-state index is 0.129. The Labute approximate surface area is 105 Å². The standard InChI is InChI=1S/C13H13NO2S/c1-11(16)17-9-5-4-7-12-6-2-3-8-13(12)14-10-15/h2-4,6-8H,5,9H2,1H3. The number of isocyanates is 1. The summed E-state index contributed by atoms with van der Waals surface area (Å²) in [4.78, 5) is 24.5. The number of hydrogen-bond donors (Lipinski definition) is 0. The van der Waals surface area contributed by atoms with Gasteiger partial charge in [-0.25, -0.2) is 4.79 Å². The highest BCUT2D eigenvalue weighted by Crippen LogP contribution is 2.19. The normalized spacial score (nSPS) is 10.2. The van der Waals surface area contributed by atoms with E-state index in [1.165, 1.54) is 17.8 Å². The maximum atomic E-state index is 10.7. The van der Waals surface area contributed by atoms with Crippen LogP contribution in [-0.4, -0.2) is 16.9 Å². The second-order valence-corrected chi connectivity index (χ2v) is 4.56. The van der Waals surface area contributed by atoms with Crippen LogP contribution in [0.25, 0.3) is 6.08 Å². The van der Waals surface area contributed by atoms with Crippen molar-refractivity contribution in [2.45, 2.75) is 13.3 Å². The third-order valence-electron chi connectivity index (χ3n) is 1.99. The van der Waals surface area contributed by atoms with Crippen LogP contribution in [0.5, 0.6) is 0 Å². The molecule has 1 rings (SSSR count). The molecule has 0 aromatic heterocycles. The summed E-state index contributed by atoms with van der Waals surface area (Å²) < 4.78 is 0. The molecule has 1 aromatic carbocycles. The Morgan fingerprint density at radius 1 is 1.47 bits per heavy atom. The van der Waals surface area contributed by atoms with Crippen LogP contribution in [-0.2, 0) is 9.59 Å². The zero-order valence-corrected chi connectivity index (χ0v) is 10.4. The van der Waals surface area contributed by atoms with Crippen LogP contribution in [0, 0.1) is 0 Å². The molecule has 4 heteroatoms. The van der Waals surface area contributed by atoms with Crippen LogP contribution in [0.4, 0.5) is 5.69 Å². The van der Waals surface area contributed by atoms with E-state index in [1.807, 2.05) is 30.4 Å². The summed E-state index contributed by atoms with van der Waals surface area (Å²) in [7, 11) is 0. The number of rotatable bonds is 5. The summed E-state index contributed by atoms with van der Waals surface area (Å²) in [5.41, 5.74) is 1.49. The molecule has 0 amide bonds. The number of para-hydroxylation sites is 1. The molecule has 88 valence electrons. The molecule has 17 heavy (non-hydrogen) atoms. The lowest BCUT2D eigenvalue weighted by molar-refractivity contribution is -0.109. The van der Waals surface area contributed by atoms with E-state index in [0.717, 1.165) is 17.7 Å². The predicted octanol–water partition coefficient (Wildman–Crippen LogP) is 3.34. The lowest BCUT2D eigenvalue weighted by Crippen LogP contribution is -1.83. The lowest BCUT2D eigenvalue weighted by Gasteiger charge is -1.97. The fourth-order valence-electron chi connectivity index (χ4n) is 1.26. The highest BCUT2D eigenvalue weighted by molar-refractivity contribution is 8.13. The number of benzene rings is 1. The van der Waals surface area contributed by atoms with E-state index in [0.29, 0.717) is 5.69 Å². The summed E-state index contributed by atoms with van der Waals surface area (Å²) in [5.74, 6) is 0.769. The quantitative estimate of drug-likeness (QED) is 0.455. The van der Waals surface area contributed by atoms with E-state index in [9.17, 15) is 9.59 Å². The zero-order valence-electron chi connectivity index (χ0n) is 9.55. The Balaban J connectivity index is 2.58. The number of thioether (sulfide) groups is 1. The van der Waals surface area contributed by atoms with Crippen LogP contribution in [0.3, 0.4) is 0 Å². The van der Waals surface area contributed by atoms with Gasteiger partial charge in [-0.3, -0.25) is 4.79 Å². The maximum absolute atomic E-state index is 10.7. The van der Waals surface area contributed by atoms with Crippen LogP contribution in [0.1, 0.15) is 18.9 Å². The molecule has 0 saturated carbocycles. The zero-order chi connectivity index (χ0) is 12.5. The smallest absolute Gasteiger partial charge is 0.240 e. The molecular formula is C13H13NO2S. The molecule has 0 aliphatic heterocycles. The molecule has 0 fully saturated rings. The number of nitrogens with zero attached hydrogens (tertiary/aromatic N) is 1. The Hall–Kier alpha value is -1.64. The van der Waals surface area contributed by atoms with Gasteiger partial charge in [-0.15, -0.1) is 0 Å². The monoisotopic (exact) mass is 247 g/mol. The first-order valence-electron chi connectivity index (χ1n) is 5.21. The topological polar surface area (TPSA) is 46.5 Å². The van der Waals surface area contributed by atoms with Gasteiger partial charge in [0, 0.05) is 18.2 Å². The highest BCUT2D eigenvalue weighted by Gasteiger charge is 1.95. The fraction of sp³-hybridized carbons (Fsp3) is 0.231. The number of carbonyl (C=O) groups excluding carboxylic acids is 2. The highest BCUT2D eigenvalue weighted by atomic mass is 32.2. The van der Waals surface area contributed by atoms with E-state index < -0.39 is 0 Å². The van der Waals surface area contributed by atoms with Crippen molar-refractivity contribution in [3.05, 3.63) is 35.9 Å². The van der Waals surface area contributed by atoms with Gasteiger partial charge < -0.3 is 0 Å². The first kappa shape index (κ1) is 13.4. The molecule has 0 aliphatic carbocycles. The van der Waals surface area contributed by atoms with Crippen molar-refractivity contribution in [3.8, 4) is 0 Å². The van der Waals surface area contributed by atoms with Gasteiger partial charge in [0.1, 0.15) is 0 Å². The summed E-state index contributed by atoms with van der Waals surface area (Å²) in [6, 6.07) is 7.34. The second-order valence-electron chi connectivity index (χ2n) is 3.29. The molecule has 0 radical (unpaired) electrons. The average Bonchev–Trinajstić information content (AvgIpc) is 2.31. The van der Waals surface area contributed by atoms with Gasteiger partial charge in [0.05, 0.1) is 5.69 Å². The van der Waals surface area contributed by atoms with Gasteiger partial charge in [0.25, 0.3) is 0 Å². The van der Waals surface area contributed by atoms with Crippen molar-refractivity contribution in [1.82, 2.24) is 0 Å². The Morgan fingerprint density at radius 2 is 2.24 bits per heavy atom. The molecule has 3 nitrogen and oxygen atoms in total. The van der Waals surface area contributed by atoms with Gasteiger partial charge in [-0.2, -0.15) is 4.99 Å². The van der Waals surface area contributed by atoms with Crippen molar-refractivity contribution in [2.75, 3.05) is 5.75 Å². The van der Waals surface area contributed by atoms with E-state index in [2.05, 4.69) is 4.99 Å². The van der Waals surface area contributed by atoms with Crippen LogP contribution in [0.15, 0.2) is 35.3 Å². The van der Waals surface area contributed by atoms with Crippen molar-refractivity contribution in [2.24, 2.45) is 4.99 Å². The predicted molar refractivity (Wildman–Crippen MR) is 71.0 cm³/mol. The van der Waals surface area contributed by atoms with Gasteiger partial charge in [-0.05, 0) is 12.5 Å². The SMILES string of the molecule is CC(=O)SCCC=Cc1ccccc1N=C=O. The molecule has 1 aromatic rings. The van der Waals surface area contributed by atoms with Crippen molar-refractivity contribution in [3.63, 3.8) is 0 Å². The molecule has 0 aliphatic rings. The van der Waals surface area contributed by atoms with E-state index in [1.54, 1.807) is 13.0 Å². The summed E-state index contributed by atoms with van der Waals surface area (Å²) in [6.07, 6.45) is 6.21. The maximum Gasteiger partial charge on any atom is 0.240 e. The third kappa shape index (κ3) is 5.29. The summed E-state index contributed by atoms with van der Waals surface area (Å²) in [5, 5.41) is 0.129. The van der Waals surface area contributed by atoms with Crippen molar-refractivity contribution < 1.29 is 9.59 Å². The molecular weight excluding hydrogens is 234 g/mol. The molecule has 0 N–H and O–H groups in total. The van der Waals surface area contributed by atoms with Crippen molar-refractivity contribution >= 4 is 34.7 Å². The van der Waals surface area contributed by atoms with Gasteiger partial charge >= 0.3 is 0 Å². The van der Waals surface area contributed by atoms with E-state index >= 15 is 0 Å². The summed E-state index contributed by atoms with van der Waals surface area (Å²) >= 11 is 1.30. The number of allylic oxidation sites excluding steroid dienone is 1. The molecule has 0 bridgehead atoms. The van der Waals surface area contributed by atoms with Crippen LogP contribution < -0.4 is 0 Å². The Morgan fingerprint density at radius 3 is 2.94 bits per heavy atom. The fourth-order valence-corrected chi connectivity index (χ4v) is 1.80.